The molecule has 0 aliphatic carbocycles. The molecule has 0 radical (unpaired) electrons. The Morgan fingerprint density at radius 2 is 1.03 bits per heavy atom. The Labute approximate surface area is 470 Å². The van der Waals surface area contributed by atoms with E-state index in [1.54, 1.807) is 48.6 Å². The van der Waals surface area contributed by atoms with Crippen LogP contribution in [0.1, 0.15) is 223 Å². The van der Waals surface area contributed by atoms with Crippen molar-refractivity contribution in [3.63, 3.8) is 0 Å². The van der Waals surface area contributed by atoms with Crippen molar-refractivity contribution >= 4 is 11.3 Å². The van der Waals surface area contributed by atoms with Gasteiger partial charge in [-0.05, 0) is 149 Å². The van der Waals surface area contributed by atoms with E-state index in [0.29, 0.717) is 53.4 Å². The summed E-state index contributed by atoms with van der Waals surface area (Å²) in [6.45, 7) is 38.7. The van der Waals surface area contributed by atoms with Crippen molar-refractivity contribution in [3.05, 3.63) is 234 Å². The van der Waals surface area contributed by atoms with Crippen LogP contribution in [0.4, 0.5) is 0 Å². The summed E-state index contributed by atoms with van der Waals surface area (Å²) in [5.74, 6) is 5.64. The molecule has 0 saturated carbocycles. The van der Waals surface area contributed by atoms with Gasteiger partial charge in [0.1, 0.15) is 12.2 Å². The van der Waals surface area contributed by atoms with Crippen LogP contribution in [0.2, 0.25) is 0 Å². The fourth-order valence-corrected chi connectivity index (χ4v) is 6.94. The molecule has 0 unspecified atom stereocenters. The Morgan fingerprint density at radius 1 is 0.416 bits per heavy atom. The largest absolute Gasteiger partial charge is 0.367 e. The molecule has 1 aromatic carbocycles. The van der Waals surface area contributed by atoms with Crippen LogP contribution in [-0.4, -0.2) is 49.7 Å². The molecule has 0 fully saturated rings. The first-order valence-electron chi connectivity index (χ1n) is 27.4. The molecule has 8 aromatic heterocycles. The van der Waals surface area contributed by atoms with Crippen LogP contribution in [-0.2, 0) is 0 Å². The zero-order chi connectivity index (χ0) is 57.4. The van der Waals surface area contributed by atoms with Gasteiger partial charge < -0.3 is 9.97 Å². The number of nitrogens with one attached hydrogen (secondary N) is 2. The van der Waals surface area contributed by atoms with E-state index >= 15 is 0 Å². The molecule has 416 valence electrons. The second kappa shape index (κ2) is 41.3. The maximum atomic E-state index is 4.18. The molecular formula is C66H96N10S. The minimum absolute atomic E-state index is 0.436. The van der Waals surface area contributed by atoms with Crippen LogP contribution in [0.15, 0.2) is 188 Å². The number of rotatable bonds is 9. The van der Waals surface area contributed by atoms with Gasteiger partial charge in [0.15, 0.2) is 0 Å². The molecule has 9 rings (SSSR count). The molecule has 0 amide bonds. The van der Waals surface area contributed by atoms with Crippen molar-refractivity contribution in [2.75, 3.05) is 0 Å². The second-order valence-corrected chi connectivity index (χ2v) is 21.6. The molecule has 77 heavy (non-hydrogen) atoms. The van der Waals surface area contributed by atoms with Crippen LogP contribution in [0, 0.1) is 0 Å². The summed E-state index contributed by atoms with van der Waals surface area (Å²) in [5, 5.41) is 8.35. The first kappa shape index (κ1) is 68.2. The topological polar surface area (TPSA) is 127 Å². The fraction of sp³-hybridized carbons (Fsp3) is 0.409. The molecule has 2 N–H and O–H groups in total. The minimum Gasteiger partial charge on any atom is -0.367 e. The maximum absolute atomic E-state index is 4.18. The summed E-state index contributed by atoms with van der Waals surface area (Å²) in [5.41, 5.74) is 9.13. The number of benzene rings is 1. The summed E-state index contributed by atoms with van der Waals surface area (Å²) in [4.78, 5) is 30.3. The Hall–Kier alpha value is -6.85. The summed E-state index contributed by atoms with van der Waals surface area (Å²) >= 11 is 1.77. The number of hydrogen-bond acceptors (Lipinski definition) is 8. The van der Waals surface area contributed by atoms with Crippen molar-refractivity contribution in [2.24, 2.45) is 0 Å². The summed E-state index contributed by atoms with van der Waals surface area (Å²) < 4.78 is 1.92. The Morgan fingerprint density at radius 3 is 1.32 bits per heavy atom. The lowest BCUT2D eigenvalue weighted by Gasteiger charge is -2.01. The lowest BCUT2D eigenvalue weighted by atomic mass is 10.0. The third kappa shape index (κ3) is 33.0. The van der Waals surface area contributed by atoms with E-state index in [4.69, 9.17) is 0 Å². The second-order valence-electron chi connectivity index (χ2n) is 20.8. The van der Waals surface area contributed by atoms with Crippen molar-refractivity contribution in [2.45, 2.75) is 178 Å². The zero-order valence-electron chi connectivity index (χ0n) is 50.1. The van der Waals surface area contributed by atoms with E-state index in [1.165, 1.54) is 27.9 Å². The number of thiophene rings is 1. The van der Waals surface area contributed by atoms with Gasteiger partial charge in [0.05, 0.1) is 0 Å². The number of H-pyrrole nitrogens is 2. The van der Waals surface area contributed by atoms with Gasteiger partial charge >= 0.3 is 0 Å². The lowest BCUT2D eigenvalue weighted by Crippen LogP contribution is -1.99. The van der Waals surface area contributed by atoms with E-state index in [-0.39, 0.29) is 0 Å². The molecule has 0 aliphatic rings. The van der Waals surface area contributed by atoms with Gasteiger partial charge in [-0.1, -0.05) is 153 Å². The predicted molar refractivity (Wildman–Crippen MR) is 330 cm³/mol. The van der Waals surface area contributed by atoms with E-state index in [9.17, 15) is 0 Å². The highest BCUT2D eigenvalue weighted by Crippen LogP contribution is 2.17. The van der Waals surface area contributed by atoms with E-state index < -0.39 is 0 Å². The molecule has 0 bridgehead atoms. The standard InChI is InChI=1S/C9H12.2C8H11N.2C7H10N2.2C7H11N.C7H10S.C6H10N2/c1-8(2)9-6-4-3-5-7-9;1-7(2)8-4-3-5-9-6-8;1-7(2)8-5-3-4-6-9-8;1-6(2)7-3-4-8-5-9-7;1-6(2)7-8-4-3-5-9-7;1-6(2)7-3-4-8-5-7;1-6(2)7-4-3-5-8-7;1-6(2)7-3-4-8-5-7;1-6(2)8-5-3-4-7-8/h3-8H,1-2H3;2*3-7H,1-2H3;2*3-6H,1-2H3;2*3-6,8H,1-2H3;2*3-6H,1-2H3. The zero-order valence-corrected chi connectivity index (χ0v) is 50.9. The van der Waals surface area contributed by atoms with Crippen molar-refractivity contribution in [1.82, 2.24) is 49.7 Å². The minimum atomic E-state index is 0.436. The SMILES string of the molecule is CC(C)c1cc[nH]c1.CC(C)c1ccc[nH]1.CC(C)c1ccccc1.CC(C)c1ccccn1.CC(C)c1cccnc1.CC(C)c1ccncn1.CC(C)c1ccsc1.CC(C)c1ncccn1.CC(C)n1cccn1. The van der Waals surface area contributed by atoms with Crippen molar-refractivity contribution < 1.29 is 0 Å². The number of pyridine rings is 2. The average molecular weight is 1060 g/mol. The third-order valence-electron chi connectivity index (χ3n) is 11.2. The van der Waals surface area contributed by atoms with Gasteiger partial charge in [0.25, 0.3) is 0 Å². The van der Waals surface area contributed by atoms with Crippen molar-refractivity contribution in [1.29, 1.82) is 0 Å². The van der Waals surface area contributed by atoms with E-state index in [2.05, 4.69) is 229 Å². The molecule has 0 spiro atoms. The third-order valence-corrected chi connectivity index (χ3v) is 11.9. The van der Waals surface area contributed by atoms with Gasteiger partial charge in [-0.3, -0.25) is 14.6 Å². The summed E-state index contributed by atoms with van der Waals surface area (Å²) in [7, 11) is 0. The maximum Gasteiger partial charge on any atom is 0.130 e. The molecule has 10 nitrogen and oxygen atoms in total. The molecule has 9 aromatic rings. The van der Waals surface area contributed by atoms with Crippen LogP contribution < -0.4 is 0 Å². The van der Waals surface area contributed by atoms with Crippen LogP contribution >= 0.6 is 11.3 Å². The fourth-order valence-electron chi connectivity index (χ4n) is 6.11. The number of aromatic amines is 2. The van der Waals surface area contributed by atoms with E-state index in [1.807, 2.05) is 96.5 Å². The Kier molecular flexibility index (Phi) is 36.6. The number of hydrogen-bond donors (Lipinski definition) is 2. The van der Waals surface area contributed by atoms with Crippen LogP contribution in [0.3, 0.4) is 0 Å². The highest BCUT2D eigenvalue weighted by atomic mass is 32.1. The molecule has 0 aliphatic heterocycles. The van der Waals surface area contributed by atoms with E-state index in [0.717, 1.165) is 17.2 Å². The highest BCUT2D eigenvalue weighted by Gasteiger charge is 2.00. The highest BCUT2D eigenvalue weighted by molar-refractivity contribution is 7.08. The van der Waals surface area contributed by atoms with Crippen LogP contribution in [0.25, 0.3) is 0 Å². The number of nitrogens with zero attached hydrogens (tertiary/aromatic N) is 8. The van der Waals surface area contributed by atoms with Crippen molar-refractivity contribution in [3.8, 4) is 0 Å². The number of aromatic nitrogens is 10. The molecule has 8 heterocycles. The predicted octanol–water partition coefficient (Wildman–Crippen LogP) is 19.0. The molecule has 0 saturated heterocycles. The van der Waals surface area contributed by atoms with Gasteiger partial charge in [0, 0.05) is 97.2 Å². The van der Waals surface area contributed by atoms with Gasteiger partial charge in [0.2, 0.25) is 0 Å². The summed E-state index contributed by atoms with van der Waals surface area (Å²) in [6.07, 6.45) is 22.1. The monoisotopic (exact) mass is 1060 g/mol. The smallest absolute Gasteiger partial charge is 0.130 e. The first-order chi connectivity index (χ1) is 36.7. The van der Waals surface area contributed by atoms with Gasteiger partial charge in [-0.15, -0.1) is 0 Å². The first-order valence-corrected chi connectivity index (χ1v) is 28.3. The van der Waals surface area contributed by atoms with Gasteiger partial charge in [-0.2, -0.15) is 16.4 Å². The Balaban J connectivity index is 0.000000433. The molecular weight excluding hydrogens is 965 g/mol. The van der Waals surface area contributed by atoms with Crippen LogP contribution in [0.5, 0.6) is 0 Å². The Bertz CT molecular complexity index is 2170. The lowest BCUT2D eigenvalue weighted by molar-refractivity contribution is 0.532. The molecule has 11 heteroatoms. The average Bonchev–Trinajstić information content (AvgIpc) is 4.31. The summed E-state index contributed by atoms with van der Waals surface area (Å²) in [6, 6.07) is 35.2. The molecule has 0 atom stereocenters. The quantitative estimate of drug-likeness (QED) is 0.147. The van der Waals surface area contributed by atoms with Gasteiger partial charge in [-0.25, -0.2) is 19.9 Å². The normalized spacial score (nSPS) is 10.2.